The molecule has 0 aliphatic carbocycles. The van der Waals surface area contributed by atoms with E-state index in [2.05, 4.69) is 10.5 Å². The molecule has 0 aromatic carbocycles. The third kappa shape index (κ3) is 3.90. The summed E-state index contributed by atoms with van der Waals surface area (Å²) in [6.07, 6.45) is 0. The van der Waals surface area contributed by atoms with Crippen LogP contribution in [0, 0.1) is 0 Å². The van der Waals surface area contributed by atoms with Gasteiger partial charge in [-0.25, -0.2) is 9.59 Å². The topological polar surface area (TPSA) is 98.5 Å². The van der Waals surface area contributed by atoms with Crippen molar-refractivity contribution in [3.63, 3.8) is 0 Å². The van der Waals surface area contributed by atoms with Crippen molar-refractivity contribution in [3.05, 3.63) is 0 Å². The van der Waals surface area contributed by atoms with Crippen molar-refractivity contribution in [2.24, 2.45) is 5.73 Å². The molecule has 0 heterocycles. The monoisotopic (exact) mass is 160 g/mol. The summed E-state index contributed by atoms with van der Waals surface area (Å²) in [6, 6.07) is -1.08. The van der Waals surface area contributed by atoms with Crippen LogP contribution in [0.1, 0.15) is 6.92 Å². The Labute approximate surface area is 62.7 Å². The fourth-order valence-corrected chi connectivity index (χ4v) is 0.360. The van der Waals surface area contributed by atoms with Crippen LogP contribution in [-0.2, 0) is 14.3 Å². The highest BCUT2D eigenvalue weighted by molar-refractivity contribution is 6.35. The molecule has 3 amide bonds. The molecule has 11 heavy (non-hydrogen) atoms. The summed E-state index contributed by atoms with van der Waals surface area (Å²) in [7, 11) is 0. The van der Waals surface area contributed by atoms with Crippen LogP contribution in [0.2, 0.25) is 0 Å². The van der Waals surface area contributed by atoms with Crippen molar-refractivity contribution in [2.45, 2.75) is 6.92 Å². The Morgan fingerprint density at radius 2 is 2.00 bits per heavy atom. The smallest absolute Gasteiger partial charge is 0.397 e. The lowest BCUT2D eigenvalue weighted by molar-refractivity contribution is -0.154. The summed E-state index contributed by atoms with van der Waals surface area (Å²) in [5.74, 6) is -2.27. The molecule has 0 unspecified atom stereocenters. The first-order valence-electron chi connectivity index (χ1n) is 2.85. The Morgan fingerprint density at radius 3 is 2.36 bits per heavy atom. The summed E-state index contributed by atoms with van der Waals surface area (Å²) >= 11 is 0. The molecule has 3 N–H and O–H groups in total. The maximum absolute atomic E-state index is 10.5. The molecule has 0 saturated heterocycles. The fourth-order valence-electron chi connectivity index (χ4n) is 0.360. The molecule has 0 rings (SSSR count). The number of hydrogen-bond acceptors (Lipinski definition) is 4. The number of amides is 3. The molecule has 0 aromatic heterocycles. The molecular formula is C5H8N2O4. The van der Waals surface area contributed by atoms with Crippen LogP contribution in [0.15, 0.2) is 0 Å². The maximum Gasteiger partial charge on any atom is 0.397 e. The van der Waals surface area contributed by atoms with E-state index in [1.54, 1.807) is 5.32 Å². The number of urea groups is 1. The largest absolute Gasteiger partial charge is 0.459 e. The van der Waals surface area contributed by atoms with E-state index in [0.29, 0.717) is 0 Å². The molecule has 0 bridgehead atoms. The summed E-state index contributed by atoms with van der Waals surface area (Å²) < 4.78 is 4.25. The van der Waals surface area contributed by atoms with Crippen LogP contribution in [0.3, 0.4) is 0 Å². The summed E-state index contributed by atoms with van der Waals surface area (Å²) in [5.41, 5.74) is 4.55. The number of rotatable bonds is 1. The first-order valence-corrected chi connectivity index (χ1v) is 2.85. The highest BCUT2D eigenvalue weighted by Crippen LogP contribution is 1.76. The average molecular weight is 160 g/mol. The highest BCUT2D eigenvalue weighted by Gasteiger charge is 2.15. The Kier molecular flexibility index (Phi) is 3.65. The van der Waals surface area contributed by atoms with Crippen LogP contribution in [0.5, 0.6) is 0 Å². The standard InChI is InChI=1S/C5H8N2O4/c1-2-11-4(9)3(8)7-5(6)10/h2H2,1H3,(H3,6,7,8,10). The maximum atomic E-state index is 10.5. The van der Waals surface area contributed by atoms with Gasteiger partial charge in [0.25, 0.3) is 0 Å². The van der Waals surface area contributed by atoms with Gasteiger partial charge >= 0.3 is 17.9 Å². The second kappa shape index (κ2) is 4.26. The number of carbonyl (C=O) groups is 3. The fraction of sp³-hybridized carbons (Fsp3) is 0.400. The molecule has 0 atom stereocenters. The van der Waals surface area contributed by atoms with Gasteiger partial charge < -0.3 is 10.5 Å². The molecule has 0 fully saturated rings. The third-order valence-corrected chi connectivity index (χ3v) is 0.698. The molecule has 0 spiro atoms. The van der Waals surface area contributed by atoms with Crippen LogP contribution >= 0.6 is 0 Å². The number of imide groups is 1. The minimum absolute atomic E-state index is 0.0744. The number of esters is 1. The lowest BCUT2D eigenvalue weighted by Gasteiger charge is -1.98. The van der Waals surface area contributed by atoms with Gasteiger partial charge in [0, 0.05) is 0 Å². The number of primary amides is 1. The van der Waals surface area contributed by atoms with Crippen LogP contribution in [-0.4, -0.2) is 24.5 Å². The van der Waals surface area contributed by atoms with Gasteiger partial charge in [-0.05, 0) is 6.92 Å². The van der Waals surface area contributed by atoms with Crippen LogP contribution < -0.4 is 11.1 Å². The predicted molar refractivity (Wildman–Crippen MR) is 34.4 cm³/mol. The van der Waals surface area contributed by atoms with E-state index in [1.165, 1.54) is 6.92 Å². The average Bonchev–Trinajstić information content (AvgIpc) is 1.86. The second-order valence-corrected chi connectivity index (χ2v) is 1.54. The molecule has 0 aromatic rings. The molecule has 62 valence electrons. The first-order chi connectivity index (χ1) is 5.07. The summed E-state index contributed by atoms with van der Waals surface area (Å²) in [4.78, 5) is 30.9. The zero-order valence-electron chi connectivity index (χ0n) is 5.92. The molecule has 0 saturated carbocycles. The van der Waals surface area contributed by atoms with Gasteiger partial charge in [0.05, 0.1) is 6.61 Å². The normalized spacial score (nSPS) is 8.45. The lowest BCUT2D eigenvalue weighted by atomic mass is 10.6. The Hall–Kier alpha value is -1.59. The van der Waals surface area contributed by atoms with E-state index in [0.717, 1.165) is 0 Å². The number of nitrogens with two attached hydrogens (primary N) is 1. The SMILES string of the molecule is CCOC(=O)C(=O)NC(N)=O. The molecule has 0 aliphatic heterocycles. The van der Waals surface area contributed by atoms with E-state index >= 15 is 0 Å². The zero-order valence-corrected chi connectivity index (χ0v) is 5.92. The van der Waals surface area contributed by atoms with Gasteiger partial charge in [-0.1, -0.05) is 0 Å². The molecule has 6 nitrogen and oxygen atoms in total. The molecule has 6 heteroatoms. The van der Waals surface area contributed by atoms with Crippen LogP contribution in [0.4, 0.5) is 4.79 Å². The predicted octanol–water partition coefficient (Wildman–Crippen LogP) is -1.26. The summed E-state index contributed by atoms with van der Waals surface area (Å²) in [5, 5.41) is 1.55. The van der Waals surface area contributed by atoms with E-state index in [1.807, 2.05) is 0 Å². The van der Waals surface area contributed by atoms with Crippen molar-refractivity contribution in [1.29, 1.82) is 0 Å². The van der Waals surface area contributed by atoms with Gasteiger partial charge in [0.15, 0.2) is 0 Å². The minimum Gasteiger partial charge on any atom is -0.459 e. The number of carbonyl (C=O) groups excluding carboxylic acids is 3. The van der Waals surface area contributed by atoms with Crippen molar-refractivity contribution >= 4 is 17.9 Å². The summed E-state index contributed by atoms with van der Waals surface area (Å²) in [6.45, 7) is 1.61. The Balaban J connectivity index is 3.83. The minimum atomic E-state index is -1.15. The van der Waals surface area contributed by atoms with Gasteiger partial charge in [0.2, 0.25) is 0 Å². The van der Waals surface area contributed by atoms with E-state index in [-0.39, 0.29) is 6.61 Å². The molecular weight excluding hydrogens is 152 g/mol. The van der Waals surface area contributed by atoms with Crippen molar-refractivity contribution < 1.29 is 19.1 Å². The van der Waals surface area contributed by atoms with Crippen LogP contribution in [0.25, 0.3) is 0 Å². The highest BCUT2D eigenvalue weighted by atomic mass is 16.5. The van der Waals surface area contributed by atoms with Gasteiger partial charge in [-0.15, -0.1) is 0 Å². The third-order valence-electron chi connectivity index (χ3n) is 0.698. The first kappa shape index (κ1) is 9.41. The van der Waals surface area contributed by atoms with Gasteiger partial charge in [0.1, 0.15) is 0 Å². The lowest BCUT2D eigenvalue weighted by Crippen LogP contribution is -2.40. The van der Waals surface area contributed by atoms with Gasteiger partial charge in [-0.2, -0.15) is 0 Å². The van der Waals surface area contributed by atoms with Crippen molar-refractivity contribution in [1.82, 2.24) is 5.32 Å². The van der Waals surface area contributed by atoms with Crippen molar-refractivity contribution in [3.8, 4) is 0 Å². The van der Waals surface area contributed by atoms with Gasteiger partial charge in [-0.3, -0.25) is 10.1 Å². The number of ether oxygens (including phenoxy) is 1. The quantitative estimate of drug-likeness (QED) is 0.369. The van der Waals surface area contributed by atoms with E-state index < -0.39 is 17.9 Å². The Bertz CT molecular complexity index is 189. The van der Waals surface area contributed by atoms with Crippen molar-refractivity contribution in [2.75, 3.05) is 6.61 Å². The second-order valence-electron chi connectivity index (χ2n) is 1.54. The Morgan fingerprint density at radius 1 is 1.45 bits per heavy atom. The zero-order chi connectivity index (χ0) is 8.85. The number of nitrogens with one attached hydrogen (secondary N) is 1. The van der Waals surface area contributed by atoms with E-state index in [9.17, 15) is 14.4 Å². The molecule has 0 radical (unpaired) electrons. The molecule has 0 aliphatic rings. The van der Waals surface area contributed by atoms with E-state index in [4.69, 9.17) is 0 Å². The number of hydrogen-bond donors (Lipinski definition) is 2.